The summed E-state index contributed by atoms with van der Waals surface area (Å²) in [6, 6.07) is 8.41. The van der Waals surface area contributed by atoms with Gasteiger partial charge < -0.3 is 14.7 Å². The Morgan fingerprint density at radius 3 is 2.28 bits per heavy atom. The van der Waals surface area contributed by atoms with Gasteiger partial charge in [0.25, 0.3) is 0 Å². The van der Waals surface area contributed by atoms with E-state index in [2.05, 4.69) is 48.2 Å². The van der Waals surface area contributed by atoms with Crippen molar-refractivity contribution in [1.29, 1.82) is 0 Å². The van der Waals surface area contributed by atoms with Gasteiger partial charge in [0.2, 0.25) is 5.91 Å². The van der Waals surface area contributed by atoms with E-state index < -0.39 is 0 Å². The first-order valence-electron chi connectivity index (χ1n) is 6.36. The molecule has 4 nitrogen and oxygen atoms in total. The lowest BCUT2D eigenvalue weighted by Gasteiger charge is -2.37. The Balaban J connectivity index is 2.12. The van der Waals surface area contributed by atoms with E-state index in [1.165, 1.54) is 11.4 Å². The Morgan fingerprint density at radius 1 is 1.11 bits per heavy atom. The van der Waals surface area contributed by atoms with Gasteiger partial charge in [-0.2, -0.15) is 0 Å². The van der Waals surface area contributed by atoms with Gasteiger partial charge in [0.1, 0.15) is 0 Å². The number of para-hydroxylation sites is 2. The second-order valence-electron chi connectivity index (χ2n) is 4.88. The minimum absolute atomic E-state index is 0.176. The number of hydrogen-bond donors (Lipinski definition) is 0. The molecule has 98 valence electrons. The summed E-state index contributed by atoms with van der Waals surface area (Å²) in [5.74, 6) is 0.176. The summed E-state index contributed by atoms with van der Waals surface area (Å²) in [6.45, 7) is 5.09. The predicted molar refractivity (Wildman–Crippen MR) is 75.2 cm³/mol. The van der Waals surface area contributed by atoms with E-state index in [4.69, 9.17) is 0 Å². The van der Waals surface area contributed by atoms with Crippen LogP contribution in [0.1, 0.15) is 6.92 Å². The van der Waals surface area contributed by atoms with Gasteiger partial charge in [0.05, 0.1) is 11.4 Å². The number of rotatable bonds is 2. The van der Waals surface area contributed by atoms with Crippen molar-refractivity contribution in [3.05, 3.63) is 24.3 Å². The van der Waals surface area contributed by atoms with E-state index in [1.807, 2.05) is 4.90 Å². The number of amides is 1. The van der Waals surface area contributed by atoms with Crippen LogP contribution in [-0.4, -0.2) is 51.1 Å². The summed E-state index contributed by atoms with van der Waals surface area (Å²) in [4.78, 5) is 17.7. The quantitative estimate of drug-likeness (QED) is 0.791. The molecule has 18 heavy (non-hydrogen) atoms. The number of hydrogen-bond acceptors (Lipinski definition) is 3. The molecule has 0 atom stereocenters. The first kappa shape index (κ1) is 12.7. The smallest absolute Gasteiger partial charge is 0.219 e. The average Bonchev–Trinajstić information content (AvgIpc) is 2.39. The molecule has 4 heteroatoms. The van der Waals surface area contributed by atoms with E-state index in [-0.39, 0.29) is 5.91 Å². The third-order valence-electron chi connectivity index (χ3n) is 3.43. The molecule has 1 fully saturated rings. The van der Waals surface area contributed by atoms with Crippen LogP contribution >= 0.6 is 0 Å². The Bertz CT molecular complexity index is 423. The first-order valence-corrected chi connectivity index (χ1v) is 6.36. The van der Waals surface area contributed by atoms with Gasteiger partial charge >= 0.3 is 0 Å². The van der Waals surface area contributed by atoms with Gasteiger partial charge in [-0.25, -0.2) is 0 Å². The van der Waals surface area contributed by atoms with Crippen LogP contribution in [0.15, 0.2) is 24.3 Å². The fraction of sp³-hybridized carbons (Fsp3) is 0.500. The maximum atomic E-state index is 11.3. The fourth-order valence-corrected chi connectivity index (χ4v) is 2.37. The molecule has 1 aliphatic heterocycles. The largest absolute Gasteiger partial charge is 0.376 e. The standard InChI is InChI=1S/C14H21N3O/c1-12(18)16-8-10-17(11-9-16)14-7-5-4-6-13(14)15(2)3/h4-7H,8-11H2,1-3H3. The zero-order valence-electron chi connectivity index (χ0n) is 11.4. The highest BCUT2D eigenvalue weighted by Gasteiger charge is 2.20. The third-order valence-corrected chi connectivity index (χ3v) is 3.43. The maximum absolute atomic E-state index is 11.3. The zero-order chi connectivity index (χ0) is 13.1. The summed E-state index contributed by atoms with van der Waals surface area (Å²) < 4.78 is 0. The van der Waals surface area contributed by atoms with Gasteiger partial charge in [-0.1, -0.05) is 12.1 Å². The normalized spacial score (nSPS) is 15.7. The lowest BCUT2D eigenvalue weighted by Crippen LogP contribution is -2.48. The molecule has 1 aromatic rings. The molecule has 0 unspecified atom stereocenters. The average molecular weight is 247 g/mol. The molecule has 0 N–H and O–H groups in total. The Hall–Kier alpha value is -1.71. The number of piperazine rings is 1. The predicted octanol–water partition coefficient (Wildman–Crippen LogP) is 1.42. The van der Waals surface area contributed by atoms with Crippen molar-refractivity contribution in [2.75, 3.05) is 50.1 Å². The molecular weight excluding hydrogens is 226 g/mol. The molecule has 1 aliphatic rings. The van der Waals surface area contributed by atoms with Crippen LogP contribution in [0.4, 0.5) is 11.4 Å². The number of benzene rings is 1. The van der Waals surface area contributed by atoms with Crippen LogP contribution in [0.2, 0.25) is 0 Å². The molecule has 1 aromatic carbocycles. The summed E-state index contributed by atoms with van der Waals surface area (Å²) in [6.07, 6.45) is 0. The number of carbonyl (C=O) groups is 1. The van der Waals surface area contributed by atoms with Crippen LogP contribution in [0.5, 0.6) is 0 Å². The zero-order valence-corrected chi connectivity index (χ0v) is 11.4. The first-order chi connectivity index (χ1) is 8.59. The van der Waals surface area contributed by atoms with Crippen LogP contribution in [0.25, 0.3) is 0 Å². The molecule has 0 saturated carbocycles. The molecule has 0 spiro atoms. The lowest BCUT2D eigenvalue weighted by molar-refractivity contribution is -0.129. The summed E-state index contributed by atoms with van der Waals surface area (Å²) in [7, 11) is 4.12. The SMILES string of the molecule is CC(=O)N1CCN(c2ccccc2N(C)C)CC1. The van der Waals surface area contributed by atoms with Gasteiger partial charge in [-0.3, -0.25) is 4.79 Å². The molecule has 0 aliphatic carbocycles. The Labute approximate surface area is 109 Å². The highest BCUT2D eigenvalue weighted by molar-refractivity contribution is 5.74. The Morgan fingerprint density at radius 2 is 1.72 bits per heavy atom. The van der Waals surface area contributed by atoms with Crippen LogP contribution in [0.3, 0.4) is 0 Å². The van der Waals surface area contributed by atoms with E-state index in [1.54, 1.807) is 6.92 Å². The molecule has 1 heterocycles. The monoisotopic (exact) mass is 247 g/mol. The second kappa shape index (κ2) is 5.29. The molecule has 0 aromatic heterocycles. The molecule has 1 saturated heterocycles. The summed E-state index contributed by atoms with van der Waals surface area (Å²) >= 11 is 0. The van der Waals surface area contributed by atoms with Gasteiger partial charge in [-0.05, 0) is 12.1 Å². The highest BCUT2D eigenvalue weighted by Crippen LogP contribution is 2.28. The minimum atomic E-state index is 0.176. The van der Waals surface area contributed by atoms with E-state index >= 15 is 0 Å². The highest BCUT2D eigenvalue weighted by atomic mass is 16.2. The number of anilines is 2. The molecule has 2 rings (SSSR count). The lowest BCUT2D eigenvalue weighted by atomic mass is 10.2. The van der Waals surface area contributed by atoms with Crippen molar-refractivity contribution >= 4 is 17.3 Å². The van der Waals surface area contributed by atoms with Crippen molar-refractivity contribution in [3.8, 4) is 0 Å². The fourth-order valence-electron chi connectivity index (χ4n) is 2.37. The van der Waals surface area contributed by atoms with Crippen LogP contribution < -0.4 is 9.80 Å². The topological polar surface area (TPSA) is 26.8 Å². The summed E-state index contributed by atoms with van der Waals surface area (Å²) in [5.41, 5.74) is 2.49. The minimum Gasteiger partial charge on any atom is -0.376 e. The third kappa shape index (κ3) is 2.58. The van der Waals surface area contributed by atoms with Crippen molar-refractivity contribution in [2.24, 2.45) is 0 Å². The molecule has 1 amide bonds. The van der Waals surface area contributed by atoms with Crippen molar-refractivity contribution in [1.82, 2.24) is 4.90 Å². The molecule has 0 radical (unpaired) electrons. The van der Waals surface area contributed by atoms with Gasteiger partial charge in [0, 0.05) is 47.2 Å². The van der Waals surface area contributed by atoms with Crippen LogP contribution in [0, 0.1) is 0 Å². The van der Waals surface area contributed by atoms with Crippen molar-refractivity contribution < 1.29 is 4.79 Å². The van der Waals surface area contributed by atoms with Crippen LogP contribution in [-0.2, 0) is 4.79 Å². The van der Waals surface area contributed by atoms with Gasteiger partial charge in [-0.15, -0.1) is 0 Å². The van der Waals surface area contributed by atoms with Gasteiger partial charge in [0.15, 0.2) is 0 Å². The molecular formula is C14H21N3O. The number of carbonyl (C=O) groups excluding carboxylic acids is 1. The number of nitrogens with zero attached hydrogens (tertiary/aromatic N) is 3. The van der Waals surface area contributed by atoms with Crippen molar-refractivity contribution in [2.45, 2.75) is 6.92 Å². The maximum Gasteiger partial charge on any atom is 0.219 e. The van der Waals surface area contributed by atoms with E-state index in [9.17, 15) is 4.79 Å². The second-order valence-corrected chi connectivity index (χ2v) is 4.88. The van der Waals surface area contributed by atoms with E-state index in [0.29, 0.717) is 0 Å². The van der Waals surface area contributed by atoms with Crippen molar-refractivity contribution in [3.63, 3.8) is 0 Å². The Kier molecular flexibility index (Phi) is 3.75. The molecule has 0 bridgehead atoms. The van der Waals surface area contributed by atoms with E-state index in [0.717, 1.165) is 26.2 Å². The summed E-state index contributed by atoms with van der Waals surface area (Å²) in [5, 5.41) is 0.